The Morgan fingerprint density at radius 3 is 2.75 bits per heavy atom. The molecule has 1 aromatic heterocycles. The number of nitrogens with one attached hydrogen (secondary N) is 1. The van der Waals surface area contributed by atoms with E-state index in [1.807, 2.05) is 17.7 Å². The van der Waals surface area contributed by atoms with Crippen molar-refractivity contribution >= 4 is 0 Å². The molecule has 0 unspecified atom stereocenters. The van der Waals surface area contributed by atoms with Gasteiger partial charge in [-0.05, 0) is 5.56 Å². The van der Waals surface area contributed by atoms with Gasteiger partial charge in [0.15, 0.2) is 0 Å². The Bertz CT molecular complexity index is 422. The van der Waals surface area contributed by atoms with E-state index in [2.05, 4.69) is 39.8 Å². The molecular weight excluding hydrogens is 200 g/mol. The zero-order valence-corrected chi connectivity index (χ0v) is 9.43. The van der Waals surface area contributed by atoms with Crippen LogP contribution in [-0.4, -0.2) is 21.3 Å². The molecule has 0 spiro atoms. The van der Waals surface area contributed by atoms with Crippen LogP contribution < -0.4 is 5.32 Å². The topological polar surface area (TPSA) is 42.7 Å². The fraction of sp³-hybridized carbons (Fsp3) is 0.333. The number of hydrogen-bond acceptors (Lipinski definition) is 3. The van der Waals surface area contributed by atoms with Gasteiger partial charge in [-0.2, -0.15) is 0 Å². The van der Waals surface area contributed by atoms with Gasteiger partial charge in [0, 0.05) is 26.6 Å². The minimum atomic E-state index is 0.901. The number of aromatic nitrogens is 3. The Hall–Kier alpha value is -1.68. The summed E-state index contributed by atoms with van der Waals surface area (Å²) in [6, 6.07) is 10.4. The lowest BCUT2D eigenvalue weighted by atomic mass is 10.2. The molecule has 0 fully saturated rings. The molecule has 0 bridgehead atoms. The van der Waals surface area contributed by atoms with E-state index < -0.39 is 0 Å². The predicted molar refractivity (Wildman–Crippen MR) is 62.9 cm³/mol. The second kappa shape index (κ2) is 5.42. The van der Waals surface area contributed by atoms with Crippen molar-refractivity contribution in [3.8, 4) is 0 Å². The van der Waals surface area contributed by atoms with Crippen LogP contribution in [0, 0.1) is 0 Å². The van der Waals surface area contributed by atoms with Crippen LogP contribution in [0.4, 0.5) is 0 Å². The van der Waals surface area contributed by atoms with Crippen molar-refractivity contribution in [3.05, 3.63) is 48.0 Å². The van der Waals surface area contributed by atoms with Crippen molar-refractivity contribution in [2.75, 3.05) is 6.54 Å². The highest BCUT2D eigenvalue weighted by Crippen LogP contribution is 1.97. The van der Waals surface area contributed by atoms with Gasteiger partial charge in [0.05, 0.1) is 0 Å². The molecule has 1 heterocycles. The maximum atomic E-state index is 4.03. The van der Waals surface area contributed by atoms with E-state index in [4.69, 9.17) is 0 Å². The number of aryl methyl sites for hydroxylation is 1. The first-order chi connectivity index (χ1) is 7.86. The minimum Gasteiger partial charge on any atom is -0.321 e. The van der Waals surface area contributed by atoms with E-state index in [0.717, 1.165) is 25.3 Å². The zero-order valence-electron chi connectivity index (χ0n) is 9.43. The number of nitrogens with zero attached hydrogens (tertiary/aromatic N) is 3. The van der Waals surface area contributed by atoms with E-state index in [-0.39, 0.29) is 0 Å². The molecule has 0 saturated heterocycles. The van der Waals surface area contributed by atoms with E-state index in [9.17, 15) is 0 Å². The number of rotatable bonds is 5. The quantitative estimate of drug-likeness (QED) is 0.762. The molecule has 4 heteroatoms. The lowest BCUT2D eigenvalue weighted by molar-refractivity contribution is 0.654. The zero-order chi connectivity index (χ0) is 11.2. The highest BCUT2D eigenvalue weighted by Gasteiger charge is 1.99. The Morgan fingerprint density at radius 1 is 1.25 bits per heavy atom. The van der Waals surface area contributed by atoms with Crippen LogP contribution in [-0.2, 0) is 20.0 Å². The lowest BCUT2D eigenvalue weighted by Crippen LogP contribution is -2.18. The summed E-state index contributed by atoms with van der Waals surface area (Å²) in [5.74, 6) is 1.01. The minimum absolute atomic E-state index is 0.901. The third kappa shape index (κ3) is 2.90. The fourth-order valence-corrected chi connectivity index (χ4v) is 1.56. The molecule has 84 valence electrons. The summed E-state index contributed by atoms with van der Waals surface area (Å²) in [4.78, 5) is 0. The molecule has 2 rings (SSSR count). The molecule has 0 aliphatic heterocycles. The average molecular weight is 216 g/mol. The van der Waals surface area contributed by atoms with Crippen LogP contribution >= 0.6 is 0 Å². The fourth-order valence-electron chi connectivity index (χ4n) is 1.56. The summed E-state index contributed by atoms with van der Waals surface area (Å²) in [6.45, 7) is 1.82. The van der Waals surface area contributed by atoms with Crippen LogP contribution in [0.25, 0.3) is 0 Å². The smallest absolute Gasteiger partial charge is 0.133 e. The van der Waals surface area contributed by atoms with Gasteiger partial charge >= 0.3 is 0 Å². The largest absolute Gasteiger partial charge is 0.321 e. The van der Waals surface area contributed by atoms with Crippen LogP contribution in [0.1, 0.15) is 11.4 Å². The number of benzene rings is 1. The Balaban J connectivity index is 1.72. The Morgan fingerprint density at radius 2 is 2.06 bits per heavy atom. The van der Waals surface area contributed by atoms with Crippen molar-refractivity contribution in [3.63, 3.8) is 0 Å². The SMILES string of the molecule is Cn1cnnc1CCNCc1ccccc1. The average Bonchev–Trinajstić information content (AvgIpc) is 2.72. The standard InChI is InChI=1S/C12H16N4/c1-16-10-14-15-12(16)7-8-13-9-11-5-3-2-4-6-11/h2-6,10,13H,7-9H2,1H3. The highest BCUT2D eigenvalue weighted by molar-refractivity contribution is 5.14. The Labute approximate surface area is 95.3 Å². The van der Waals surface area contributed by atoms with Gasteiger partial charge in [-0.1, -0.05) is 30.3 Å². The van der Waals surface area contributed by atoms with Crippen molar-refractivity contribution < 1.29 is 0 Å². The second-order valence-electron chi connectivity index (χ2n) is 3.77. The molecule has 4 nitrogen and oxygen atoms in total. The van der Waals surface area contributed by atoms with Gasteiger partial charge in [-0.3, -0.25) is 0 Å². The Kier molecular flexibility index (Phi) is 3.66. The van der Waals surface area contributed by atoms with Crippen LogP contribution in [0.3, 0.4) is 0 Å². The van der Waals surface area contributed by atoms with E-state index in [0.29, 0.717) is 0 Å². The summed E-state index contributed by atoms with van der Waals surface area (Å²) in [5, 5.41) is 11.3. The van der Waals surface area contributed by atoms with E-state index in [1.54, 1.807) is 6.33 Å². The van der Waals surface area contributed by atoms with Crippen LogP contribution in [0.15, 0.2) is 36.7 Å². The second-order valence-corrected chi connectivity index (χ2v) is 3.77. The summed E-state index contributed by atoms with van der Waals surface area (Å²) in [7, 11) is 1.96. The summed E-state index contributed by atoms with van der Waals surface area (Å²) in [5.41, 5.74) is 1.31. The predicted octanol–water partition coefficient (Wildman–Crippen LogP) is 1.15. The first kappa shape index (κ1) is 10.8. The highest BCUT2D eigenvalue weighted by atomic mass is 15.2. The molecule has 0 amide bonds. The molecule has 0 atom stereocenters. The van der Waals surface area contributed by atoms with Gasteiger partial charge in [-0.15, -0.1) is 10.2 Å². The van der Waals surface area contributed by atoms with Crippen LogP contribution in [0.5, 0.6) is 0 Å². The summed E-state index contributed by atoms with van der Waals surface area (Å²) < 4.78 is 1.95. The monoisotopic (exact) mass is 216 g/mol. The molecule has 0 saturated carbocycles. The molecule has 1 aromatic carbocycles. The third-order valence-electron chi connectivity index (χ3n) is 2.50. The van der Waals surface area contributed by atoms with Crippen LogP contribution in [0.2, 0.25) is 0 Å². The van der Waals surface area contributed by atoms with Crippen molar-refractivity contribution in [1.82, 2.24) is 20.1 Å². The van der Waals surface area contributed by atoms with Gasteiger partial charge in [0.2, 0.25) is 0 Å². The third-order valence-corrected chi connectivity index (χ3v) is 2.50. The lowest BCUT2D eigenvalue weighted by Gasteiger charge is -2.04. The van der Waals surface area contributed by atoms with Gasteiger partial charge in [0.25, 0.3) is 0 Å². The first-order valence-corrected chi connectivity index (χ1v) is 5.44. The normalized spacial score (nSPS) is 10.6. The van der Waals surface area contributed by atoms with E-state index >= 15 is 0 Å². The van der Waals surface area contributed by atoms with Gasteiger partial charge in [-0.25, -0.2) is 0 Å². The molecule has 16 heavy (non-hydrogen) atoms. The number of hydrogen-bond donors (Lipinski definition) is 1. The van der Waals surface area contributed by atoms with Crippen molar-refractivity contribution in [2.24, 2.45) is 7.05 Å². The van der Waals surface area contributed by atoms with E-state index in [1.165, 1.54) is 5.56 Å². The summed E-state index contributed by atoms with van der Waals surface area (Å²) in [6.07, 6.45) is 2.63. The van der Waals surface area contributed by atoms with Crippen molar-refractivity contribution in [1.29, 1.82) is 0 Å². The maximum Gasteiger partial charge on any atom is 0.133 e. The van der Waals surface area contributed by atoms with Gasteiger partial charge < -0.3 is 9.88 Å². The molecule has 0 aliphatic rings. The summed E-state index contributed by atoms with van der Waals surface area (Å²) >= 11 is 0. The molecule has 0 radical (unpaired) electrons. The molecule has 0 aliphatic carbocycles. The molecule has 1 N–H and O–H groups in total. The van der Waals surface area contributed by atoms with Crippen molar-refractivity contribution in [2.45, 2.75) is 13.0 Å². The first-order valence-electron chi connectivity index (χ1n) is 5.44. The molecular formula is C12H16N4. The maximum absolute atomic E-state index is 4.03. The van der Waals surface area contributed by atoms with Gasteiger partial charge in [0.1, 0.15) is 12.2 Å². The molecule has 2 aromatic rings.